The number of hydrogen-bond acceptors (Lipinski definition) is 6. The van der Waals surface area contributed by atoms with E-state index in [1.807, 2.05) is 5.38 Å². The van der Waals surface area contributed by atoms with Gasteiger partial charge in [-0.15, -0.1) is 11.3 Å². The molecule has 0 aliphatic carbocycles. The molecular weight excluding hydrogens is 364 g/mol. The number of nitrogens with zero attached hydrogens (tertiary/aromatic N) is 4. The lowest BCUT2D eigenvalue weighted by atomic mass is 10.3. The van der Waals surface area contributed by atoms with Crippen LogP contribution in [0.1, 0.15) is 22.1 Å². The summed E-state index contributed by atoms with van der Waals surface area (Å²) in [7, 11) is 0. The summed E-state index contributed by atoms with van der Waals surface area (Å²) in [6.07, 6.45) is 0. The molecule has 7 nitrogen and oxygen atoms in total. The molecule has 0 N–H and O–H groups in total. The Kier molecular flexibility index (Phi) is 5.00. The van der Waals surface area contributed by atoms with Crippen molar-refractivity contribution in [2.75, 3.05) is 0 Å². The highest BCUT2D eigenvalue weighted by molar-refractivity contribution is 7.09. The Morgan fingerprint density at radius 3 is 2.68 bits per heavy atom. The first kappa shape index (κ1) is 17.4. The van der Waals surface area contributed by atoms with E-state index in [4.69, 9.17) is 16.3 Å². The Balaban J connectivity index is 1.67. The van der Waals surface area contributed by atoms with E-state index in [-0.39, 0.29) is 5.69 Å². The SMILES string of the molecule is Cc1nn(Cc2csc(COc3ccc(Cl)cc3)n2)c(C)c1[N+](=O)[O-]. The zero-order chi connectivity index (χ0) is 18.0. The van der Waals surface area contributed by atoms with Crippen LogP contribution in [0, 0.1) is 24.0 Å². The summed E-state index contributed by atoms with van der Waals surface area (Å²) in [5.74, 6) is 0.718. The average Bonchev–Trinajstić information content (AvgIpc) is 3.11. The van der Waals surface area contributed by atoms with Gasteiger partial charge in [-0.2, -0.15) is 5.10 Å². The van der Waals surface area contributed by atoms with Crippen molar-refractivity contribution in [1.29, 1.82) is 0 Å². The van der Waals surface area contributed by atoms with Gasteiger partial charge in [-0.25, -0.2) is 4.98 Å². The van der Waals surface area contributed by atoms with Crippen molar-refractivity contribution in [3.8, 4) is 5.75 Å². The van der Waals surface area contributed by atoms with Crippen LogP contribution < -0.4 is 4.74 Å². The van der Waals surface area contributed by atoms with Crippen LogP contribution in [-0.2, 0) is 13.2 Å². The lowest BCUT2D eigenvalue weighted by Gasteiger charge is -2.03. The summed E-state index contributed by atoms with van der Waals surface area (Å²) >= 11 is 7.32. The van der Waals surface area contributed by atoms with Crippen LogP contribution in [0.15, 0.2) is 29.6 Å². The number of benzene rings is 1. The van der Waals surface area contributed by atoms with Gasteiger partial charge >= 0.3 is 5.69 Å². The summed E-state index contributed by atoms with van der Waals surface area (Å²) in [5.41, 5.74) is 1.78. The molecule has 0 bridgehead atoms. The summed E-state index contributed by atoms with van der Waals surface area (Å²) in [6, 6.07) is 7.12. The molecule has 2 heterocycles. The molecular formula is C16H15ClN4O3S. The Hall–Kier alpha value is -2.45. The number of nitro groups is 1. The van der Waals surface area contributed by atoms with Crippen molar-refractivity contribution < 1.29 is 9.66 Å². The monoisotopic (exact) mass is 378 g/mol. The maximum absolute atomic E-state index is 11.1. The molecule has 9 heteroatoms. The molecule has 0 unspecified atom stereocenters. The molecule has 0 atom stereocenters. The molecule has 3 aromatic rings. The predicted molar refractivity (Wildman–Crippen MR) is 95.4 cm³/mol. The Morgan fingerprint density at radius 1 is 1.32 bits per heavy atom. The second kappa shape index (κ2) is 7.20. The molecule has 0 spiro atoms. The summed E-state index contributed by atoms with van der Waals surface area (Å²) in [5, 5.41) is 18.7. The molecule has 0 saturated heterocycles. The van der Waals surface area contributed by atoms with Gasteiger partial charge in [0.2, 0.25) is 0 Å². The molecule has 25 heavy (non-hydrogen) atoms. The number of rotatable bonds is 6. The van der Waals surface area contributed by atoms with Crippen molar-refractivity contribution in [2.45, 2.75) is 27.0 Å². The first-order chi connectivity index (χ1) is 11.9. The molecule has 0 aliphatic rings. The standard InChI is InChI=1S/C16H15ClN4O3S/c1-10-16(21(22)23)11(2)20(19-10)7-13-9-25-15(18-13)8-24-14-5-3-12(17)4-6-14/h3-6,9H,7-8H2,1-2H3. The maximum Gasteiger partial charge on any atom is 0.312 e. The Morgan fingerprint density at radius 2 is 2.04 bits per heavy atom. The molecule has 0 radical (unpaired) electrons. The van der Waals surface area contributed by atoms with Crippen LogP contribution in [0.3, 0.4) is 0 Å². The number of halogens is 1. The zero-order valence-electron chi connectivity index (χ0n) is 13.6. The maximum atomic E-state index is 11.1. The highest BCUT2D eigenvalue weighted by Gasteiger charge is 2.22. The minimum absolute atomic E-state index is 0.0570. The molecule has 0 saturated carbocycles. The van der Waals surface area contributed by atoms with E-state index in [2.05, 4.69) is 10.1 Å². The highest BCUT2D eigenvalue weighted by atomic mass is 35.5. The third-order valence-corrected chi connectivity index (χ3v) is 4.74. The second-order valence-corrected chi connectivity index (χ2v) is 6.79. The highest BCUT2D eigenvalue weighted by Crippen LogP contribution is 2.23. The van der Waals surface area contributed by atoms with Gasteiger partial charge in [0.1, 0.15) is 28.8 Å². The fraction of sp³-hybridized carbons (Fsp3) is 0.250. The van der Waals surface area contributed by atoms with Crippen LogP contribution in [0.5, 0.6) is 5.75 Å². The van der Waals surface area contributed by atoms with Gasteiger partial charge in [-0.05, 0) is 38.1 Å². The van der Waals surface area contributed by atoms with Crippen molar-refractivity contribution in [1.82, 2.24) is 14.8 Å². The predicted octanol–water partition coefficient (Wildman–Crippen LogP) is 4.15. The quantitative estimate of drug-likeness (QED) is 0.475. The molecule has 1 aromatic carbocycles. The lowest BCUT2D eigenvalue weighted by Crippen LogP contribution is -2.05. The van der Waals surface area contributed by atoms with Crippen LogP contribution in [0.4, 0.5) is 5.69 Å². The number of aromatic nitrogens is 3. The first-order valence-electron chi connectivity index (χ1n) is 7.44. The van der Waals surface area contributed by atoms with Gasteiger partial charge in [-0.1, -0.05) is 11.6 Å². The fourth-order valence-corrected chi connectivity index (χ4v) is 3.25. The van der Waals surface area contributed by atoms with Gasteiger partial charge in [-0.3, -0.25) is 14.8 Å². The summed E-state index contributed by atoms with van der Waals surface area (Å²) < 4.78 is 7.27. The Bertz CT molecular complexity index is 905. The summed E-state index contributed by atoms with van der Waals surface area (Å²) in [6.45, 7) is 4.06. The van der Waals surface area contributed by atoms with Gasteiger partial charge in [0.05, 0.1) is 17.2 Å². The van der Waals surface area contributed by atoms with Gasteiger partial charge in [0.25, 0.3) is 0 Å². The minimum Gasteiger partial charge on any atom is -0.486 e. The van der Waals surface area contributed by atoms with E-state index in [1.54, 1.807) is 42.8 Å². The largest absolute Gasteiger partial charge is 0.486 e. The van der Waals surface area contributed by atoms with Crippen molar-refractivity contribution in [3.05, 3.63) is 66.9 Å². The van der Waals surface area contributed by atoms with Crippen LogP contribution in [0.2, 0.25) is 5.02 Å². The van der Waals surface area contributed by atoms with E-state index in [1.165, 1.54) is 11.3 Å². The number of hydrogen-bond donors (Lipinski definition) is 0. The molecule has 0 fully saturated rings. The Labute approximate surface area is 153 Å². The van der Waals surface area contributed by atoms with Crippen molar-refractivity contribution >= 4 is 28.6 Å². The zero-order valence-corrected chi connectivity index (χ0v) is 15.2. The minimum atomic E-state index is -0.402. The van der Waals surface area contributed by atoms with E-state index < -0.39 is 4.92 Å². The van der Waals surface area contributed by atoms with Gasteiger partial charge < -0.3 is 4.74 Å². The topological polar surface area (TPSA) is 83.1 Å². The van der Waals surface area contributed by atoms with Crippen molar-refractivity contribution in [2.24, 2.45) is 0 Å². The smallest absolute Gasteiger partial charge is 0.312 e. The van der Waals surface area contributed by atoms with E-state index in [9.17, 15) is 10.1 Å². The third kappa shape index (κ3) is 3.97. The molecule has 0 aliphatic heterocycles. The van der Waals surface area contributed by atoms with Crippen LogP contribution >= 0.6 is 22.9 Å². The van der Waals surface area contributed by atoms with Crippen LogP contribution in [-0.4, -0.2) is 19.7 Å². The molecule has 0 amide bonds. The molecule has 3 rings (SSSR count). The van der Waals surface area contributed by atoms with E-state index in [0.29, 0.717) is 29.6 Å². The lowest BCUT2D eigenvalue weighted by molar-refractivity contribution is -0.386. The van der Waals surface area contributed by atoms with E-state index >= 15 is 0 Å². The number of thiazole rings is 1. The van der Waals surface area contributed by atoms with Gasteiger partial charge in [0, 0.05) is 10.4 Å². The summed E-state index contributed by atoms with van der Waals surface area (Å²) in [4.78, 5) is 15.2. The van der Waals surface area contributed by atoms with Crippen molar-refractivity contribution in [3.63, 3.8) is 0 Å². The number of ether oxygens (including phenoxy) is 1. The fourth-order valence-electron chi connectivity index (χ4n) is 2.42. The number of aryl methyl sites for hydroxylation is 1. The van der Waals surface area contributed by atoms with Gasteiger partial charge in [0.15, 0.2) is 0 Å². The normalized spacial score (nSPS) is 10.8. The molecule has 2 aromatic heterocycles. The average molecular weight is 379 g/mol. The molecule has 130 valence electrons. The first-order valence-corrected chi connectivity index (χ1v) is 8.70. The van der Waals surface area contributed by atoms with Crippen LogP contribution in [0.25, 0.3) is 0 Å². The third-order valence-electron chi connectivity index (χ3n) is 3.61. The second-order valence-electron chi connectivity index (χ2n) is 5.41. The van der Waals surface area contributed by atoms with E-state index in [0.717, 1.165) is 16.5 Å².